The summed E-state index contributed by atoms with van der Waals surface area (Å²) in [5.41, 5.74) is 1.89. The second kappa shape index (κ2) is 14.3. The molecule has 12 heteroatoms. The fourth-order valence-electron chi connectivity index (χ4n) is 5.00. The van der Waals surface area contributed by atoms with Crippen LogP contribution in [0.1, 0.15) is 45.1 Å². The summed E-state index contributed by atoms with van der Waals surface area (Å²) in [7, 11) is -4.32. The molecule has 0 saturated carbocycles. The molecule has 246 valence electrons. The summed E-state index contributed by atoms with van der Waals surface area (Å²) in [6.07, 6.45) is -2.67. The minimum Gasteiger partial charge on any atom is -0.491 e. The molecule has 1 heterocycles. The number of anilines is 1. The van der Waals surface area contributed by atoms with Crippen LogP contribution in [0.2, 0.25) is 0 Å². The van der Waals surface area contributed by atoms with Gasteiger partial charge in [-0.05, 0) is 75.6 Å². The number of esters is 1. The fourth-order valence-corrected chi connectivity index (χ4v) is 6.06. The van der Waals surface area contributed by atoms with Gasteiger partial charge in [-0.3, -0.25) is 14.1 Å². The van der Waals surface area contributed by atoms with E-state index in [1.165, 1.54) is 0 Å². The molecule has 0 aliphatic rings. The Morgan fingerprint density at radius 1 is 0.894 bits per heavy atom. The molecule has 0 atom stereocenters. The SMILES string of the molecule is CC(C)OC(=O)CCCCCOc1cc2c(cc1NS(=O)(=O)c1ccc(C(F)(F)F)cc1)nc(-c1ccccc1)n2-c1ccccc1. The third kappa shape index (κ3) is 8.31. The van der Waals surface area contributed by atoms with Crippen molar-refractivity contribution < 1.29 is 35.9 Å². The van der Waals surface area contributed by atoms with Crippen LogP contribution in [-0.4, -0.2) is 36.6 Å². The zero-order valence-electron chi connectivity index (χ0n) is 25.8. The third-order valence-electron chi connectivity index (χ3n) is 7.19. The zero-order chi connectivity index (χ0) is 33.6. The van der Waals surface area contributed by atoms with Crippen LogP contribution < -0.4 is 9.46 Å². The Balaban J connectivity index is 1.50. The number of carbonyl (C=O) groups is 1. The molecule has 0 amide bonds. The Labute approximate surface area is 271 Å². The quantitative estimate of drug-likeness (QED) is 0.100. The lowest BCUT2D eigenvalue weighted by atomic mass is 10.2. The first-order valence-corrected chi connectivity index (χ1v) is 16.6. The topological polar surface area (TPSA) is 99.5 Å². The van der Waals surface area contributed by atoms with Crippen LogP contribution in [0.5, 0.6) is 5.75 Å². The first kappa shape index (κ1) is 33.5. The summed E-state index contributed by atoms with van der Waals surface area (Å²) >= 11 is 0. The van der Waals surface area contributed by atoms with Crippen LogP contribution in [0.4, 0.5) is 18.9 Å². The summed E-state index contributed by atoms with van der Waals surface area (Å²) in [5, 5.41) is 0. The number of carbonyl (C=O) groups excluding carboxylic acids is 1. The number of hydrogen-bond donors (Lipinski definition) is 1. The lowest BCUT2D eigenvalue weighted by molar-refractivity contribution is -0.147. The molecule has 8 nitrogen and oxygen atoms in total. The average Bonchev–Trinajstić information content (AvgIpc) is 3.41. The average molecular weight is 666 g/mol. The van der Waals surface area contributed by atoms with Crippen LogP contribution in [0.25, 0.3) is 28.1 Å². The molecule has 0 fully saturated rings. The normalized spacial score (nSPS) is 12.0. The second-order valence-corrected chi connectivity index (χ2v) is 12.8. The van der Waals surface area contributed by atoms with Crippen LogP contribution in [0.3, 0.4) is 0 Å². The third-order valence-corrected chi connectivity index (χ3v) is 8.57. The summed E-state index contributed by atoms with van der Waals surface area (Å²) < 4.78 is 81.9. The van der Waals surface area contributed by atoms with E-state index >= 15 is 0 Å². The zero-order valence-corrected chi connectivity index (χ0v) is 26.6. The lowest BCUT2D eigenvalue weighted by Crippen LogP contribution is -2.15. The number of benzene rings is 4. The summed E-state index contributed by atoms with van der Waals surface area (Å²) in [5.74, 6) is 0.562. The number of fused-ring (bicyclic) bond motifs is 1. The van der Waals surface area contributed by atoms with Gasteiger partial charge in [0.2, 0.25) is 0 Å². The molecule has 0 unspecified atom stereocenters. The minimum atomic E-state index is -4.61. The molecule has 4 aromatic carbocycles. The van der Waals surface area contributed by atoms with Gasteiger partial charge in [0.05, 0.1) is 39.9 Å². The molecule has 0 saturated heterocycles. The lowest BCUT2D eigenvalue weighted by Gasteiger charge is -2.16. The van der Waals surface area contributed by atoms with Crippen molar-refractivity contribution in [3.8, 4) is 22.8 Å². The van der Waals surface area contributed by atoms with E-state index in [1.54, 1.807) is 26.0 Å². The number of halogens is 3. The van der Waals surface area contributed by atoms with Crippen LogP contribution >= 0.6 is 0 Å². The minimum absolute atomic E-state index is 0.0789. The highest BCUT2D eigenvalue weighted by molar-refractivity contribution is 7.92. The Kier molecular flexibility index (Phi) is 10.2. The summed E-state index contributed by atoms with van der Waals surface area (Å²) in [6.45, 7) is 3.79. The molecule has 5 rings (SSSR count). The van der Waals surface area contributed by atoms with E-state index in [4.69, 9.17) is 14.5 Å². The molecule has 0 aliphatic carbocycles. The number of ether oxygens (including phenoxy) is 2. The molecule has 1 N–H and O–H groups in total. The molecule has 0 bridgehead atoms. The molecule has 1 aromatic heterocycles. The Morgan fingerprint density at radius 3 is 2.19 bits per heavy atom. The van der Waals surface area contributed by atoms with Crippen molar-refractivity contribution in [2.75, 3.05) is 11.3 Å². The molecule has 0 radical (unpaired) electrons. The van der Waals surface area contributed by atoms with E-state index in [1.807, 2.05) is 65.2 Å². The van der Waals surface area contributed by atoms with Crippen LogP contribution in [0, 0.1) is 0 Å². The summed E-state index contributed by atoms with van der Waals surface area (Å²) in [4.78, 5) is 16.4. The van der Waals surface area contributed by atoms with Crippen molar-refractivity contribution in [2.24, 2.45) is 0 Å². The van der Waals surface area contributed by atoms with Gasteiger partial charge in [0.15, 0.2) is 0 Å². The fraction of sp³-hybridized carbons (Fsp3) is 0.257. The Hall–Kier alpha value is -4.84. The van der Waals surface area contributed by atoms with E-state index in [0.29, 0.717) is 36.1 Å². The number of imidazole rings is 1. The first-order chi connectivity index (χ1) is 22.4. The molecule has 47 heavy (non-hydrogen) atoms. The maximum Gasteiger partial charge on any atom is 0.416 e. The summed E-state index contributed by atoms with van der Waals surface area (Å²) in [6, 6.07) is 25.6. The largest absolute Gasteiger partial charge is 0.491 e. The van der Waals surface area contributed by atoms with Crippen LogP contribution in [-0.2, 0) is 25.7 Å². The number of alkyl halides is 3. The Bertz CT molecular complexity index is 1930. The van der Waals surface area contributed by atoms with Crippen molar-refractivity contribution in [3.63, 3.8) is 0 Å². The number of rotatable bonds is 13. The van der Waals surface area contributed by atoms with Gasteiger partial charge in [-0.1, -0.05) is 48.5 Å². The van der Waals surface area contributed by atoms with Gasteiger partial charge >= 0.3 is 12.1 Å². The van der Waals surface area contributed by atoms with E-state index in [2.05, 4.69) is 4.72 Å². The van der Waals surface area contributed by atoms with E-state index in [9.17, 15) is 26.4 Å². The van der Waals surface area contributed by atoms with Gasteiger partial charge in [0, 0.05) is 23.7 Å². The maximum absolute atomic E-state index is 13.4. The predicted molar refractivity (Wildman–Crippen MR) is 174 cm³/mol. The number of nitrogens with zero attached hydrogens (tertiary/aromatic N) is 2. The first-order valence-electron chi connectivity index (χ1n) is 15.1. The van der Waals surface area contributed by atoms with Crippen molar-refractivity contribution in [3.05, 3.63) is 103 Å². The van der Waals surface area contributed by atoms with Crippen molar-refractivity contribution in [2.45, 2.75) is 56.7 Å². The molecular formula is C35H34F3N3O5S. The number of aromatic nitrogens is 2. The number of unbranched alkanes of at least 4 members (excludes halogenated alkanes) is 2. The molecule has 0 aliphatic heterocycles. The predicted octanol–water partition coefficient (Wildman–Crippen LogP) is 8.40. The number of nitrogens with one attached hydrogen (secondary N) is 1. The van der Waals surface area contributed by atoms with Gasteiger partial charge in [0.1, 0.15) is 11.6 Å². The van der Waals surface area contributed by atoms with Crippen molar-refractivity contribution in [1.29, 1.82) is 0 Å². The number of para-hydroxylation sites is 1. The highest BCUT2D eigenvalue weighted by atomic mass is 32.2. The van der Waals surface area contributed by atoms with Gasteiger partial charge in [-0.25, -0.2) is 13.4 Å². The number of hydrogen-bond acceptors (Lipinski definition) is 6. The van der Waals surface area contributed by atoms with Gasteiger partial charge in [-0.15, -0.1) is 0 Å². The van der Waals surface area contributed by atoms with E-state index in [0.717, 1.165) is 35.5 Å². The van der Waals surface area contributed by atoms with E-state index < -0.39 is 21.8 Å². The van der Waals surface area contributed by atoms with Crippen molar-refractivity contribution >= 4 is 32.7 Å². The highest BCUT2D eigenvalue weighted by Gasteiger charge is 2.31. The smallest absolute Gasteiger partial charge is 0.416 e. The molecule has 0 spiro atoms. The Morgan fingerprint density at radius 2 is 1.55 bits per heavy atom. The standard InChI is InChI=1S/C35H34F3N3O5S/c1-24(2)46-33(42)16-10-5-11-21-45-32-23-31-29(22-30(32)40-47(43,44)28-19-17-26(18-20-28)35(36,37)38)39-34(25-12-6-3-7-13-25)41(31)27-14-8-4-9-15-27/h3-4,6-9,12-15,17-20,22-24,40H,5,10-11,16,21H2,1-2H3. The number of sulfonamides is 1. The van der Waals surface area contributed by atoms with Crippen molar-refractivity contribution in [1.82, 2.24) is 9.55 Å². The molecule has 5 aromatic rings. The van der Waals surface area contributed by atoms with Crippen LogP contribution in [0.15, 0.2) is 102 Å². The van der Waals surface area contributed by atoms with E-state index in [-0.39, 0.29) is 41.4 Å². The molecular weight excluding hydrogens is 631 g/mol. The van der Waals surface area contributed by atoms with Gasteiger partial charge in [-0.2, -0.15) is 13.2 Å². The second-order valence-electron chi connectivity index (χ2n) is 11.1. The highest BCUT2D eigenvalue weighted by Crippen LogP contribution is 2.37. The van der Waals surface area contributed by atoms with Gasteiger partial charge < -0.3 is 9.47 Å². The van der Waals surface area contributed by atoms with Gasteiger partial charge in [0.25, 0.3) is 10.0 Å². The monoisotopic (exact) mass is 665 g/mol. The maximum atomic E-state index is 13.4.